The lowest BCUT2D eigenvalue weighted by atomic mass is 10.1. The van der Waals surface area contributed by atoms with E-state index in [0.29, 0.717) is 12.8 Å². The second-order valence-electron chi connectivity index (χ2n) is 10.2. The van der Waals surface area contributed by atoms with Gasteiger partial charge in [0.25, 0.3) is 0 Å². The van der Waals surface area contributed by atoms with Crippen LogP contribution in [-0.4, -0.2) is 26.2 Å². The Bertz CT molecular complexity index is 589. The summed E-state index contributed by atoms with van der Waals surface area (Å²) < 4.78 is 9.32. The van der Waals surface area contributed by atoms with Crippen molar-refractivity contribution in [3.8, 4) is 0 Å². The fraction of sp³-hybridized carbons (Fsp3) is 0.706. The highest BCUT2D eigenvalue weighted by atomic mass is 16.5. The molecule has 0 aromatic carbocycles. The first-order valence-electron chi connectivity index (χ1n) is 15.5. The normalized spacial score (nSPS) is 11.9. The minimum atomic E-state index is -0.0823. The minimum Gasteiger partial charge on any atom is -0.469 e. The standard InChI is InChI=1S/C34H58O4/c1-37-33(35)31-29-27-25-23-21-19-17-15-13-11-9-7-5-3-4-6-8-10-12-14-16-18-20-22-24-26-28-30-32-34(36)38-2/h3-10H,11-32H2,1-2H3/b5-3+,6-4+,9-7+,10-8+. The Morgan fingerprint density at radius 1 is 0.395 bits per heavy atom. The van der Waals surface area contributed by atoms with E-state index in [4.69, 9.17) is 0 Å². The van der Waals surface area contributed by atoms with Crippen molar-refractivity contribution >= 4 is 11.9 Å². The molecule has 0 heterocycles. The van der Waals surface area contributed by atoms with Crippen molar-refractivity contribution in [1.29, 1.82) is 0 Å². The van der Waals surface area contributed by atoms with E-state index in [1.807, 2.05) is 0 Å². The summed E-state index contributed by atoms with van der Waals surface area (Å²) in [4.78, 5) is 22.1. The first kappa shape index (κ1) is 35.9. The highest BCUT2D eigenvalue weighted by Gasteiger charge is 2.00. The van der Waals surface area contributed by atoms with Gasteiger partial charge in [-0.05, 0) is 38.5 Å². The Morgan fingerprint density at radius 2 is 0.658 bits per heavy atom. The Kier molecular flexibility index (Phi) is 29.4. The molecule has 0 aliphatic heterocycles. The average molecular weight is 531 g/mol. The van der Waals surface area contributed by atoms with Crippen LogP contribution in [0.15, 0.2) is 48.6 Å². The number of esters is 2. The molecule has 0 unspecified atom stereocenters. The van der Waals surface area contributed by atoms with Crippen LogP contribution in [0, 0.1) is 0 Å². The van der Waals surface area contributed by atoms with Gasteiger partial charge in [0.05, 0.1) is 14.2 Å². The summed E-state index contributed by atoms with van der Waals surface area (Å²) >= 11 is 0. The van der Waals surface area contributed by atoms with Crippen LogP contribution in [-0.2, 0) is 19.1 Å². The highest BCUT2D eigenvalue weighted by Crippen LogP contribution is 2.13. The number of rotatable bonds is 27. The summed E-state index contributed by atoms with van der Waals surface area (Å²) in [5.41, 5.74) is 0. The first-order chi connectivity index (χ1) is 18.7. The van der Waals surface area contributed by atoms with E-state index in [9.17, 15) is 9.59 Å². The van der Waals surface area contributed by atoms with E-state index in [1.54, 1.807) is 0 Å². The number of hydrogen-bond donors (Lipinski definition) is 0. The maximum atomic E-state index is 11.0. The summed E-state index contributed by atoms with van der Waals surface area (Å²) in [5, 5.41) is 0. The number of carbonyl (C=O) groups excluding carboxylic acids is 2. The topological polar surface area (TPSA) is 52.6 Å². The van der Waals surface area contributed by atoms with Crippen molar-refractivity contribution in [2.24, 2.45) is 0 Å². The third kappa shape index (κ3) is 30.1. The summed E-state index contributed by atoms with van der Waals surface area (Å²) in [6.45, 7) is 0. The molecule has 0 radical (unpaired) electrons. The van der Waals surface area contributed by atoms with E-state index in [1.165, 1.54) is 117 Å². The molecule has 0 rings (SSSR count). The fourth-order valence-electron chi connectivity index (χ4n) is 4.35. The lowest BCUT2D eigenvalue weighted by molar-refractivity contribution is -0.141. The van der Waals surface area contributed by atoms with Gasteiger partial charge in [0.15, 0.2) is 0 Å². The molecule has 0 N–H and O–H groups in total. The molecule has 0 spiro atoms. The zero-order valence-electron chi connectivity index (χ0n) is 24.8. The van der Waals surface area contributed by atoms with Crippen molar-refractivity contribution in [3.05, 3.63) is 48.6 Å². The molecular weight excluding hydrogens is 472 g/mol. The van der Waals surface area contributed by atoms with Crippen LogP contribution < -0.4 is 0 Å². The molecule has 218 valence electrons. The van der Waals surface area contributed by atoms with Crippen molar-refractivity contribution in [2.45, 2.75) is 141 Å². The third-order valence-electron chi connectivity index (χ3n) is 6.79. The van der Waals surface area contributed by atoms with Gasteiger partial charge in [0.2, 0.25) is 0 Å². The SMILES string of the molecule is COC(=O)CCCCCCCCCCC/C=C/C=C/C=C/C=C/CCCCCCCCCCCC(=O)OC. The molecule has 0 saturated heterocycles. The van der Waals surface area contributed by atoms with Crippen LogP contribution in [0.25, 0.3) is 0 Å². The molecule has 4 nitrogen and oxygen atoms in total. The van der Waals surface area contributed by atoms with E-state index < -0.39 is 0 Å². The van der Waals surface area contributed by atoms with Gasteiger partial charge in [-0.2, -0.15) is 0 Å². The minimum absolute atomic E-state index is 0.0823. The average Bonchev–Trinajstić information content (AvgIpc) is 2.93. The number of ether oxygens (including phenoxy) is 2. The first-order valence-corrected chi connectivity index (χ1v) is 15.5. The Labute approximate surface area is 235 Å². The van der Waals surface area contributed by atoms with Crippen molar-refractivity contribution in [2.75, 3.05) is 14.2 Å². The van der Waals surface area contributed by atoms with Gasteiger partial charge in [-0.25, -0.2) is 0 Å². The van der Waals surface area contributed by atoms with Crippen LogP contribution in [0.1, 0.15) is 141 Å². The van der Waals surface area contributed by atoms with Gasteiger partial charge in [-0.3, -0.25) is 9.59 Å². The predicted molar refractivity (Wildman–Crippen MR) is 162 cm³/mol. The number of hydrogen-bond acceptors (Lipinski definition) is 4. The van der Waals surface area contributed by atoms with Gasteiger partial charge in [-0.15, -0.1) is 0 Å². The molecule has 0 saturated carbocycles. The van der Waals surface area contributed by atoms with E-state index in [0.717, 1.165) is 25.7 Å². The number of methoxy groups -OCH3 is 2. The van der Waals surface area contributed by atoms with Gasteiger partial charge in [-0.1, -0.05) is 138 Å². The third-order valence-corrected chi connectivity index (χ3v) is 6.79. The Balaban J connectivity index is 3.34. The zero-order valence-corrected chi connectivity index (χ0v) is 24.8. The largest absolute Gasteiger partial charge is 0.469 e. The number of unbranched alkanes of at least 4 members (excludes halogenated alkanes) is 18. The second-order valence-corrected chi connectivity index (χ2v) is 10.2. The van der Waals surface area contributed by atoms with Crippen molar-refractivity contribution in [3.63, 3.8) is 0 Å². The Hall–Kier alpha value is -2.10. The highest BCUT2D eigenvalue weighted by molar-refractivity contribution is 5.69. The molecule has 0 aromatic rings. The van der Waals surface area contributed by atoms with Crippen LogP contribution >= 0.6 is 0 Å². The summed E-state index contributed by atoms with van der Waals surface area (Å²) in [6, 6.07) is 0. The van der Waals surface area contributed by atoms with Gasteiger partial charge < -0.3 is 9.47 Å². The monoisotopic (exact) mass is 530 g/mol. The Morgan fingerprint density at radius 3 is 0.974 bits per heavy atom. The molecule has 0 aromatic heterocycles. The van der Waals surface area contributed by atoms with Crippen molar-refractivity contribution < 1.29 is 19.1 Å². The maximum absolute atomic E-state index is 11.0. The molecular formula is C34H58O4. The maximum Gasteiger partial charge on any atom is 0.305 e. The van der Waals surface area contributed by atoms with E-state index in [2.05, 4.69) is 58.1 Å². The van der Waals surface area contributed by atoms with Crippen LogP contribution in [0.3, 0.4) is 0 Å². The zero-order chi connectivity index (χ0) is 27.8. The fourth-order valence-corrected chi connectivity index (χ4v) is 4.35. The van der Waals surface area contributed by atoms with Gasteiger partial charge >= 0.3 is 11.9 Å². The lowest BCUT2D eigenvalue weighted by Gasteiger charge is -2.02. The van der Waals surface area contributed by atoms with E-state index >= 15 is 0 Å². The van der Waals surface area contributed by atoms with Crippen LogP contribution in [0.4, 0.5) is 0 Å². The smallest absolute Gasteiger partial charge is 0.305 e. The molecule has 0 atom stereocenters. The summed E-state index contributed by atoms with van der Waals surface area (Å²) in [7, 11) is 2.92. The number of allylic oxidation sites excluding steroid dienone is 8. The van der Waals surface area contributed by atoms with Gasteiger partial charge in [0.1, 0.15) is 0 Å². The molecule has 0 aliphatic carbocycles. The molecule has 4 heteroatoms. The number of carbonyl (C=O) groups is 2. The molecule has 0 bridgehead atoms. The molecule has 0 aliphatic rings. The van der Waals surface area contributed by atoms with Crippen LogP contribution in [0.5, 0.6) is 0 Å². The van der Waals surface area contributed by atoms with Crippen molar-refractivity contribution in [1.82, 2.24) is 0 Å². The predicted octanol–water partition coefficient (Wildman–Crippen LogP) is 10.1. The lowest BCUT2D eigenvalue weighted by Crippen LogP contribution is -1.99. The summed E-state index contributed by atoms with van der Waals surface area (Å²) in [6.07, 6.45) is 43.2. The van der Waals surface area contributed by atoms with E-state index in [-0.39, 0.29) is 11.9 Å². The van der Waals surface area contributed by atoms with Gasteiger partial charge in [0, 0.05) is 12.8 Å². The van der Waals surface area contributed by atoms with Crippen LogP contribution in [0.2, 0.25) is 0 Å². The molecule has 38 heavy (non-hydrogen) atoms. The second kappa shape index (κ2) is 31.1. The molecule has 0 fully saturated rings. The molecule has 0 amide bonds. The summed E-state index contributed by atoms with van der Waals surface area (Å²) in [5.74, 6) is -0.165. The quantitative estimate of drug-likeness (QED) is 0.0602.